The standard InChI is InChI=1S/C55H107NO2/c1-4-7-10-13-16-19-22-25-28-31-33-36-39-42-45-48-51-54(52-49-46-43-40-37-34-32-29-26-23-20-17-14-11-8-5-2)56-58-55(57)53-50-47-44-41-38-35-30-27-24-21-18-15-12-9-6-3/h25-26,28-29,54,56H,4-24,27,30-53H2,1-3H3/b28-25-,29-26-. The van der Waals surface area contributed by atoms with E-state index in [1.165, 1.54) is 263 Å². The topological polar surface area (TPSA) is 38.3 Å². The van der Waals surface area contributed by atoms with E-state index in [0.29, 0.717) is 12.5 Å². The van der Waals surface area contributed by atoms with Crippen molar-refractivity contribution in [1.82, 2.24) is 5.48 Å². The molecule has 0 rings (SSSR count). The number of allylic oxidation sites excluding steroid dienone is 4. The molecule has 3 heteroatoms. The van der Waals surface area contributed by atoms with Crippen LogP contribution in [0.3, 0.4) is 0 Å². The van der Waals surface area contributed by atoms with E-state index < -0.39 is 0 Å². The van der Waals surface area contributed by atoms with Gasteiger partial charge in [0.25, 0.3) is 0 Å². The van der Waals surface area contributed by atoms with Crippen LogP contribution in [0.25, 0.3) is 0 Å². The van der Waals surface area contributed by atoms with Gasteiger partial charge in [0.15, 0.2) is 0 Å². The van der Waals surface area contributed by atoms with Crippen LogP contribution >= 0.6 is 0 Å². The maximum absolute atomic E-state index is 12.6. The van der Waals surface area contributed by atoms with Crippen molar-refractivity contribution in [2.24, 2.45) is 0 Å². The van der Waals surface area contributed by atoms with Crippen LogP contribution in [0.4, 0.5) is 0 Å². The zero-order valence-electron chi connectivity index (χ0n) is 40.2. The normalized spacial score (nSPS) is 11.9. The molecule has 0 spiro atoms. The summed E-state index contributed by atoms with van der Waals surface area (Å²) in [6, 6.07) is 0.304. The molecule has 58 heavy (non-hydrogen) atoms. The molecule has 0 saturated carbocycles. The molecule has 0 atom stereocenters. The van der Waals surface area contributed by atoms with Gasteiger partial charge in [-0.05, 0) is 70.6 Å². The molecule has 344 valence electrons. The molecule has 0 bridgehead atoms. The molecule has 0 aromatic rings. The van der Waals surface area contributed by atoms with Gasteiger partial charge in [0.2, 0.25) is 0 Å². The molecular weight excluding hydrogens is 707 g/mol. The van der Waals surface area contributed by atoms with Crippen molar-refractivity contribution >= 4 is 5.97 Å². The van der Waals surface area contributed by atoms with Crippen LogP contribution in [0.1, 0.15) is 316 Å². The number of hydrogen-bond donors (Lipinski definition) is 1. The number of rotatable bonds is 50. The summed E-state index contributed by atoms with van der Waals surface area (Å²) < 4.78 is 0. The molecule has 0 heterocycles. The molecule has 3 nitrogen and oxygen atoms in total. The lowest BCUT2D eigenvalue weighted by atomic mass is 10.0. The zero-order chi connectivity index (χ0) is 41.9. The van der Waals surface area contributed by atoms with Gasteiger partial charge >= 0.3 is 5.97 Å². The third-order valence-electron chi connectivity index (χ3n) is 12.5. The van der Waals surface area contributed by atoms with Gasteiger partial charge in [-0.2, -0.15) is 5.48 Å². The molecule has 0 radical (unpaired) electrons. The maximum Gasteiger partial charge on any atom is 0.324 e. The molecule has 0 fully saturated rings. The van der Waals surface area contributed by atoms with E-state index in [9.17, 15) is 4.79 Å². The number of nitrogens with one attached hydrogen (secondary N) is 1. The first-order valence-electron chi connectivity index (χ1n) is 27.0. The fraction of sp³-hybridized carbons (Fsp3) is 0.909. The van der Waals surface area contributed by atoms with E-state index in [1.807, 2.05) is 0 Å². The Morgan fingerprint density at radius 3 is 0.879 bits per heavy atom. The Balaban J connectivity index is 4.13. The highest BCUT2D eigenvalue weighted by molar-refractivity contribution is 5.68. The van der Waals surface area contributed by atoms with Crippen LogP contribution in [-0.4, -0.2) is 12.0 Å². The van der Waals surface area contributed by atoms with E-state index in [2.05, 4.69) is 50.6 Å². The van der Waals surface area contributed by atoms with Crippen LogP contribution in [0.15, 0.2) is 24.3 Å². The minimum atomic E-state index is -0.0539. The number of carbonyl (C=O) groups is 1. The molecule has 0 aliphatic heterocycles. The highest BCUT2D eigenvalue weighted by Crippen LogP contribution is 2.18. The first-order chi connectivity index (χ1) is 28.7. The van der Waals surface area contributed by atoms with Crippen molar-refractivity contribution in [3.63, 3.8) is 0 Å². The summed E-state index contributed by atoms with van der Waals surface area (Å²) in [6.45, 7) is 6.88. The molecule has 0 aromatic carbocycles. The van der Waals surface area contributed by atoms with E-state index in [1.54, 1.807) is 0 Å². The second-order valence-corrected chi connectivity index (χ2v) is 18.4. The monoisotopic (exact) mass is 814 g/mol. The summed E-state index contributed by atoms with van der Waals surface area (Å²) in [7, 11) is 0. The van der Waals surface area contributed by atoms with Crippen LogP contribution < -0.4 is 5.48 Å². The van der Waals surface area contributed by atoms with Crippen LogP contribution in [-0.2, 0) is 9.63 Å². The van der Waals surface area contributed by atoms with Gasteiger partial charge in [-0.3, -0.25) is 4.79 Å². The number of hydroxylamine groups is 1. The summed E-state index contributed by atoms with van der Waals surface area (Å²) >= 11 is 0. The molecule has 0 saturated heterocycles. The lowest BCUT2D eigenvalue weighted by Gasteiger charge is -2.18. The third kappa shape index (κ3) is 49.3. The highest BCUT2D eigenvalue weighted by atomic mass is 16.7. The summed E-state index contributed by atoms with van der Waals surface area (Å²) in [6.07, 6.45) is 70.3. The van der Waals surface area contributed by atoms with Gasteiger partial charge in [-0.1, -0.05) is 263 Å². The molecule has 0 aliphatic rings. The molecular formula is C55H107NO2. The average Bonchev–Trinajstić information content (AvgIpc) is 3.23. The summed E-state index contributed by atoms with van der Waals surface area (Å²) in [4.78, 5) is 18.3. The second kappa shape index (κ2) is 52.0. The average molecular weight is 814 g/mol. The number of hydrogen-bond acceptors (Lipinski definition) is 3. The Morgan fingerprint density at radius 1 is 0.345 bits per heavy atom. The first kappa shape index (κ1) is 56.9. The minimum Gasteiger partial charge on any atom is -0.370 e. The molecule has 0 amide bonds. The van der Waals surface area contributed by atoms with Crippen molar-refractivity contribution < 1.29 is 9.63 Å². The second-order valence-electron chi connectivity index (χ2n) is 18.4. The van der Waals surface area contributed by atoms with Gasteiger partial charge in [-0.15, -0.1) is 0 Å². The lowest BCUT2D eigenvalue weighted by Crippen LogP contribution is -2.31. The fourth-order valence-electron chi connectivity index (χ4n) is 8.38. The van der Waals surface area contributed by atoms with E-state index in [0.717, 1.165) is 25.7 Å². The van der Waals surface area contributed by atoms with E-state index in [-0.39, 0.29) is 5.97 Å². The fourth-order valence-corrected chi connectivity index (χ4v) is 8.38. The Morgan fingerprint density at radius 2 is 0.586 bits per heavy atom. The van der Waals surface area contributed by atoms with E-state index >= 15 is 0 Å². The van der Waals surface area contributed by atoms with Crippen molar-refractivity contribution in [3.8, 4) is 0 Å². The van der Waals surface area contributed by atoms with Crippen LogP contribution in [0.5, 0.6) is 0 Å². The summed E-state index contributed by atoms with van der Waals surface area (Å²) in [5.41, 5.74) is 3.26. The smallest absolute Gasteiger partial charge is 0.324 e. The summed E-state index contributed by atoms with van der Waals surface area (Å²) in [5.74, 6) is -0.0539. The zero-order valence-corrected chi connectivity index (χ0v) is 40.2. The Bertz CT molecular complexity index is 779. The van der Waals surface area contributed by atoms with Gasteiger partial charge in [0.1, 0.15) is 0 Å². The van der Waals surface area contributed by atoms with Crippen LogP contribution in [0.2, 0.25) is 0 Å². The Kier molecular flexibility index (Phi) is 51.1. The lowest BCUT2D eigenvalue weighted by molar-refractivity contribution is -0.153. The molecule has 1 N–H and O–H groups in total. The predicted molar refractivity (Wildman–Crippen MR) is 261 cm³/mol. The van der Waals surface area contributed by atoms with Gasteiger partial charge in [-0.25, -0.2) is 0 Å². The van der Waals surface area contributed by atoms with E-state index in [4.69, 9.17) is 4.84 Å². The maximum atomic E-state index is 12.6. The Labute approximate surface area is 366 Å². The van der Waals surface area contributed by atoms with Gasteiger partial charge in [0, 0.05) is 12.5 Å². The largest absolute Gasteiger partial charge is 0.370 e. The minimum absolute atomic E-state index is 0.0539. The van der Waals surface area contributed by atoms with Crippen molar-refractivity contribution in [1.29, 1.82) is 0 Å². The first-order valence-corrected chi connectivity index (χ1v) is 27.0. The van der Waals surface area contributed by atoms with Crippen molar-refractivity contribution in [2.75, 3.05) is 0 Å². The molecule has 0 aromatic heterocycles. The summed E-state index contributed by atoms with van der Waals surface area (Å²) in [5, 5.41) is 0. The van der Waals surface area contributed by atoms with Gasteiger partial charge in [0.05, 0.1) is 0 Å². The third-order valence-corrected chi connectivity index (χ3v) is 12.5. The van der Waals surface area contributed by atoms with Crippen molar-refractivity contribution in [3.05, 3.63) is 24.3 Å². The Hall–Kier alpha value is -1.09. The van der Waals surface area contributed by atoms with Crippen molar-refractivity contribution in [2.45, 2.75) is 322 Å². The quantitative estimate of drug-likeness (QED) is 0.0378. The SMILES string of the molecule is CCCCCCCC/C=C\CCCCCCCCC(CCCCCCCC/C=C\CCCCCCCC)NOC(=O)CCCCCCCCCCCCCCCCC. The van der Waals surface area contributed by atoms with Crippen LogP contribution in [0, 0.1) is 0 Å². The van der Waals surface area contributed by atoms with Gasteiger partial charge < -0.3 is 4.84 Å². The number of carbonyl (C=O) groups excluding carboxylic acids is 1. The highest BCUT2D eigenvalue weighted by Gasteiger charge is 2.12. The molecule has 0 unspecified atom stereocenters. The molecule has 0 aliphatic carbocycles. The number of unbranched alkanes of at least 4 members (excludes halogenated alkanes) is 38. The predicted octanol–water partition coefficient (Wildman–Crippen LogP) is 19.5.